The molecule has 3 rings (SSSR count). The number of hydrogen-bond acceptors (Lipinski definition) is 6. The molecule has 1 saturated carbocycles. The summed E-state index contributed by atoms with van der Waals surface area (Å²) in [6, 6.07) is 5.57. The molecule has 0 saturated heterocycles. The lowest BCUT2D eigenvalue weighted by atomic mass is 9.99. The molecule has 1 aliphatic carbocycles. The lowest BCUT2D eigenvalue weighted by Crippen LogP contribution is -2.28. The Balaban J connectivity index is 2.00. The van der Waals surface area contributed by atoms with Gasteiger partial charge in [0.1, 0.15) is 0 Å². The van der Waals surface area contributed by atoms with Gasteiger partial charge < -0.3 is 19.9 Å². The molecule has 0 aromatic heterocycles. The van der Waals surface area contributed by atoms with Crippen LogP contribution in [0.3, 0.4) is 0 Å². The molecule has 0 spiro atoms. The lowest BCUT2D eigenvalue weighted by Gasteiger charge is -2.14. The maximum absolute atomic E-state index is 12.5. The third-order valence-corrected chi connectivity index (χ3v) is 7.04. The maximum atomic E-state index is 12.5. The fourth-order valence-corrected chi connectivity index (χ4v) is 5.70. The zero-order valence-corrected chi connectivity index (χ0v) is 13.6. The minimum absolute atomic E-state index is 0.101. The van der Waals surface area contributed by atoms with E-state index in [-0.39, 0.29) is 25.0 Å². The number of hydrogen-bond donors (Lipinski definition) is 1. The Labute approximate surface area is 130 Å². The fraction of sp³-hybridized carbons (Fsp3) is 0.600. The van der Waals surface area contributed by atoms with E-state index in [2.05, 4.69) is 0 Å². The summed E-state index contributed by atoms with van der Waals surface area (Å²) in [6.07, 6.45) is 0. The van der Waals surface area contributed by atoms with E-state index in [9.17, 15) is 8.42 Å². The van der Waals surface area contributed by atoms with Gasteiger partial charge in [0.2, 0.25) is 6.79 Å². The number of sulfone groups is 1. The average Bonchev–Trinajstić information content (AvgIpc) is 2.96. The van der Waals surface area contributed by atoms with E-state index < -0.39 is 20.5 Å². The van der Waals surface area contributed by atoms with Gasteiger partial charge in [-0.1, -0.05) is 13.0 Å². The summed E-state index contributed by atoms with van der Waals surface area (Å²) in [4.78, 5) is 0. The van der Waals surface area contributed by atoms with Crippen LogP contribution in [0.15, 0.2) is 18.2 Å². The van der Waals surface area contributed by atoms with E-state index in [0.717, 1.165) is 5.56 Å². The molecule has 1 aromatic carbocycles. The van der Waals surface area contributed by atoms with Gasteiger partial charge in [-0.25, -0.2) is 8.42 Å². The molecule has 2 aliphatic rings. The van der Waals surface area contributed by atoms with Crippen molar-refractivity contribution in [3.63, 3.8) is 0 Å². The lowest BCUT2D eigenvalue weighted by molar-refractivity contribution is 0.142. The number of benzene rings is 1. The second-order valence-corrected chi connectivity index (χ2v) is 8.24. The van der Waals surface area contributed by atoms with Crippen LogP contribution in [-0.2, 0) is 14.6 Å². The SMILES string of the molecule is CCS(=O)(=O)[C@@H]1[C@@H](c2ccc3c(c2)OCO3)[C@]1(CN)COC. The highest BCUT2D eigenvalue weighted by molar-refractivity contribution is 7.92. The van der Waals surface area contributed by atoms with E-state index in [1.165, 1.54) is 0 Å². The molecule has 0 unspecified atom stereocenters. The van der Waals surface area contributed by atoms with E-state index in [4.69, 9.17) is 19.9 Å². The molecule has 0 amide bonds. The first-order valence-corrected chi connectivity index (χ1v) is 9.02. The third kappa shape index (κ3) is 2.19. The standard InChI is InChI=1S/C15H21NO5S/c1-3-22(17,18)14-13(15(14,7-16)8-19-2)10-4-5-11-12(6-10)21-9-20-11/h4-6,13-14H,3,7-9,16H2,1-2H3/t13-,14-,15+/m1/s1. The van der Waals surface area contributed by atoms with Crippen molar-refractivity contribution in [1.82, 2.24) is 0 Å². The zero-order valence-electron chi connectivity index (χ0n) is 12.7. The average molecular weight is 327 g/mol. The van der Waals surface area contributed by atoms with Gasteiger partial charge in [-0.3, -0.25) is 0 Å². The Morgan fingerprint density at radius 3 is 2.73 bits per heavy atom. The van der Waals surface area contributed by atoms with Crippen molar-refractivity contribution in [2.24, 2.45) is 11.1 Å². The van der Waals surface area contributed by atoms with E-state index in [1.54, 1.807) is 14.0 Å². The topological polar surface area (TPSA) is 87.9 Å². The van der Waals surface area contributed by atoms with Crippen LogP contribution in [0.1, 0.15) is 18.4 Å². The quantitative estimate of drug-likeness (QED) is 0.835. The Bertz CT molecular complexity index is 675. The molecular formula is C15H21NO5S. The molecule has 122 valence electrons. The van der Waals surface area contributed by atoms with Gasteiger partial charge in [0.15, 0.2) is 21.3 Å². The molecule has 1 aromatic rings. The summed E-state index contributed by atoms with van der Waals surface area (Å²) in [6.45, 7) is 2.45. The van der Waals surface area contributed by atoms with Crippen LogP contribution in [0, 0.1) is 5.41 Å². The molecule has 1 aliphatic heterocycles. The van der Waals surface area contributed by atoms with Gasteiger partial charge in [-0.15, -0.1) is 0 Å². The highest BCUT2D eigenvalue weighted by Gasteiger charge is 2.69. The van der Waals surface area contributed by atoms with Crippen molar-refractivity contribution >= 4 is 9.84 Å². The first-order chi connectivity index (χ1) is 10.5. The molecule has 2 N–H and O–H groups in total. The van der Waals surface area contributed by atoms with E-state index >= 15 is 0 Å². The Morgan fingerprint density at radius 1 is 1.36 bits per heavy atom. The number of fused-ring (bicyclic) bond motifs is 1. The smallest absolute Gasteiger partial charge is 0.231 e. The second-order valence-electron chi connectivity index (χ2n) is 5.83. The largest absolute Gasteiger partial charge is 0.454 e. The minimum atomic E-state index is -3.21. The number of nitrogens with two attached hydrogens (primary N) is 1. The first-order valence-electron chi connectivity index (χ1n) is 7.30. The molecule has 1 heterocycles. The van der Waals surface area contributed by atoms with Crippen molar-refractivity contribution in [3.8, 4) is 11.5 Å². The summed E-state index contributed by atoms with van der Waals surface area (Å²) in [5, 5.41) is -0.504. The van der Waals surface area contributed by atoms with Crippen molar-refractivity contribution in [3.05, 3.63) is 23.8 Å². The molecular weight excluding hydrogens is 306 g/mol. The van der Waals surface area contributed by atoms with Crippen LogP contribution < -0.4 is 15.2 Å². The fourth-order valence-electron chi connectivity index (χ4n) is 3.55. The zero-order chi connectivity index (χ0) is 16.0. The number of ether oxygens (including phenoxy) is 3. The van der Waals surface area contributed by atoms with Gasteiger partial charge in [0.25, 0.3) is 0 Å². The van der Waals surface area contributed by atoms with Gasteiger partial charge in [-0.05, 0) is 17.7 Å². The van der Waals surface area contributed by atoms with Crippen molar-refractivity contribution in [1.29, 1.82) is 0 Å². The minimum Gasteiger partial charge on any atom is -0.454 e. The highest BCUT2D eigenvalue weighted by atomic mass is 32.2. The van der Waals surface area contributed by atoms with Crippen LogP contribution in [-0.4, -0.2) is 46.5 Å². The van der Waals surface area contributed by atoms with Crippen LogP contribution in [0.5, 0.6) is 11.5 Å². The molecule has 7 heteroatoms. The summed E-state index contributed by atoms with van der Waals surface area (Å²) in [5.74, 6) is 1.27. The van der Waals surface area contributed by atoms with Crippen molar-refractivity contribution < 1.29 is 22.6 Å². The van der Waals surface area contributed by atoms with Crippen LogP contribution >= 0.6 is 0 Å². The van der Waals surface area contributed by atoms with Gasteiger partial charge >= 0.3 is 0 Å². The highest BCUT2D eigenvalue weighted by Crippen LogP contribution is 2.63. The number of methoxy groups -OCH3 is 1. The Kier molecular flexibility index (Phi) is 3.82. The Hall–Kier alpha value is -1.31. The summed E-state index contributed by atoms with van der Waals surface area (Å²) >= 11 is 0. The van der Waals surface area contributed by atoms with Gasteiger partial charge in [-0.2, -0.15) is 0 Å². The summed E-state index contributed by atoms with van der Waals surface area (Å²) in [7, 11) is -1.64. The number of rotatable bonds is 6. The maximum Gasteiger partial charge on any atom is 0.231 e. The summed E-state index contributed by atoms with van der Waals surface area (Å²) < 4.78 is 40.9. The van der Waals surface area contributed by atoms with Crippen LogP contribution in [0.4, 0.5) is 0 Å². The molecule has 1 fully saturated rings. The van der Waals surface area contributed by atoms with Crippen molar-refractivity contribution in [2.45, 2.75) is 18.1 Å². The Morgan fingerprint density at radius 2 is 2.09 bits per heavy atom. The molecule has 3 atom stereocenters. The predicted molar refractivity (Wildman–Crippen MR) is 81.9 cm³/mol. The summed E-state index contributed by atoms with van der Waals surface area (Å²) in [5.41, 5.74) is 6.29. The normalized spacial score (nSPS) is 29.6. The van der Waals surface area contributed by atoms with Crippen LogP contribution in [0.25, 0.3) is 0 Å². The van der Waals surface area contributed by atoms with Crippen molar-refractivity contribution in [2.75, 3.05) is 32.8 Å². The van der Waals surface area contributed by atoms with E-state index in [1.807, 2.05) is 18.2 Å². The third-order valence-electron chi connectivity index (χ3n) is 4.72. The molecule has 22 heavy (non-hydrogen) atoms. The molecule has 6 nitrogen and oxygen atoms in total. The molecule has 0 radical (unpaired) electrons. The van der Waals surface area contributed by atoms with Gasteiger partial charge in [0, 0.05) is 30.7 Å². The monoisotopic (exact) mass is 327 g/mol. The van der Waals surface area contributed by atoms with Gasteiger partial charge in [0.05, 0.1) is 11.9 Å². The predicted octanol–water partition coefficient (Wildman–Crippen LogP) is 0.907. The van der Waals surface area contributed by atoms with E-state index in [0.29, 0.717) is 18.1 Å². The van der Waals surface area contributed by atoms with Crippen LogP contribution in [0.2, 0.25) is 0 Å². The first kappa shape index (κ1) is 15.6. The molecule has 0 bridgehead atoms. The second kappa shape index (κ2) is 5.40.